The zero-order valence-corrected chi connectivity index (χ0v) is 17.5. The Morgan fingerprint density at radius 2 is 1.22 bits per heavy atom. The standard InChI is InChI=1S/C27H20N4O/c1-32-25-10-2-17(3-11-25)26-15-24-14-22-7-6-20(29-22)12-18-4-5-19(28-18)13-21-8-9-23(30-21)16-27(26)31-24/h2-16,29,31H,1H3. The smallest absolute Gasteiger partial charge is 0.118 e. The van der Waals surface area contributed by atoms with Gasteiger partial charge in [0.15, 0.2) is 0 Å². The number of fused-ring (bicyclic) bond motifs is 8. The lowest BCUT2D eigenvalue weighted by Crippen LogP contribution is -1.82. The highest BCUT2D eigenvalue weighted by Crippen LogP contribution is 2.29. The zero-order valence-electron chi connectivity index (χ0n) is 17.5. The largest absolute Gasteiger partial charge is 0.497 e. The molecule has 5 heteroatoms. The minimum Gasteiger partial charge on any atom is -0.497 e. The molecule has 6 rings (SSSR count). The fraction of sp³-hybridized carbons (Fsp3) is 0.0370. The number of nitrogens with zero attached hydrogens (tertiary/aromatic N) is 2. The highest BCUT2D eigenvalue weighted by molar-refractivity contribution is 5.88. The van der Waals surface area contributed by atoms with Crippen LogP contribution in [0.4, 0.5) is 0 Å². The normalized spacial score (nSPS) is 12.3. The first-order valence-corrected chi connectivity index (χ1v) is 10.4. The highest BCUT2D eigenvalue weighted by atomic mass is 16.5. The molecule has 0 aliphatic carbocycles. The Labute approximate surface area is 184 Å². The Kier molecular flexibility index (Phi) is 4.25. The third kappa shape index (κ3) is 3.50. The van der Waals surface area contributed by atoms with E-state index >= 15 is 0 Å². The maximum atomic E-state index is 5.32. The van der Waals surface area contributed by atoms with Gasteiger partial charge in [0.05, 0.1) is 29.9 Å². The Bertz CT molecular complexity index is 1550. The Morgan fingerprint density at radius 1 is 0.594 bits per heavy atom. The van der Waals surface area contributed by atoms with Gasteiger partial charge in [-0.05, 0) is 84.5 Å². The predicted octanol–water partition coefficient (Wildman–Crippen LogP) is 6.33. The molecule has 154 valence electrons. The van der Waals surface area contributed by atoms with Gasteiger partial charge in [0.25, 0.3) is 0 Å². The summed E-state index contributed by atoms with van der Waals surface area (Å²) in [6, 6.07) is 22.6. The van der Waals surface area contributed by atoms with Gasteiger partial charge < -0.3 is 14.7 Å². The average Bonchev–Trinajstić information content (AvgIpc) is 3.59. The van der Waals surface area contributed by atoms with Gasteiger partial charge in [-0.15, -0.1) is 0 Å². The summed E-state index contributed by atoms with van der Waals surface area (Å²) in [6.07, 6.45) is 8.07. The second-order valence-corrected chi connectivity index (χ2v) is 7.82. The van der Waals surface area contributed by atoms with Crippen molar-refractivity contribution in [1.82, 2.24) is 19.9 Å². The van der Waals surface area contributed by atoms with E-state index < -0.39 is 0 Å². The Morgan fingerprint density at radius 3 is 1.91 bits per heavy atom. The summed E-state index contributed by atoms with van der Waals surface area (Å²) in [5, 5.41) is 0. The lowest BCUT2D eigenvalue weighted by atomic mass is 10.1. The van der Waals surface area contributed by atoms with Crippen LogP contribution in [-0.4, -0.2) is 27.0 Å². The van der Waals surface area contributed by atoms with Crippen molar-refractivity contribution in [1.29, 1.82) is 0 Å². The molecular formula is C27H20N4O. The highest BCUT2D eigenvalue weighted by Gasteiger charge is 2.07. The lowest BCUT2D eigenvalue weighted by Gasteiger charge is -2.02. The van der Waals surface area contributed by atoms with Gasteiger partial charge in [0.2, 0.25) is 0 Å². The van der Waals surface area contributed by atoms with E-state index in [2.05, 4.69) is 57.4 Å². The quantitative estimate of drug-likeness (QED) is 0.346. The topological polar surface area (TPSA) is 66.6 Å². The molecule has 32 heavy (non-hydrogen) atoms. The number of hydrogen-bond donors (Lipinski definition) is 2. The molecule has 2 aliphatic rings. The molecule has 0 radical (unpaired) electrons. The van der Waals surface area contributed by atoms with E-state index in [0.717, 1.165) is 61.7 Å². The number of methoxy groups -OCH3 is 1. The SMILES string of the molecule is COc1ccc(-c2cc3cc4ccc(cc5nc(cc6nc(cc2[nH]3)C=C6)C=C5)[nH]4)cc1. The van der Waals surface area contributed by atoms with E-state index in [1.165, 1.54) is 0 Å². The van der Waals surface area contributed by atoms with E-state index in [1.807, 2.05) is 48.6 Å². The molecule has 0 amide bonds. The summed E-state index contributed by atoms with van der Waals surface area (Å²) >= 11 is 0. The molecule has 4 aromatic rings. The molecule has 3 aromatic heterocycles. The summed E-state index contributed by atoms with van der Waals surface area (Å²) in [5.41, 5.74) is 9.85. The molecular weight excluding hydrogens is 396 g/mol. The van der Waals surface area contributed by atoms with Crippen LogP contribution in [0.25, 0.3) is 57.5 Å². The van der Waals surface area contributed by atoms with Crippen LogP contribution >= 0.6 is 0 Å². The van der Waals surface area contributed by atoms with Crippen LogP contribution in [0, 0.1) is 0 Å². The molecule has 5 heterocycles. The molecule has 0 atom stereocenters. The van der Waals surface area contributed by atoms with Gasteiger partial charge in [-0.1, -0.05) is 12.1 Å². The van der Waals surface area contributed by atoms with Gasteiger partial charge in [-0.2, -0.15) is 0 Å². The van der Waals surface area contributed by atoms with Crippen molar-refractivity contribution in [3.05, 3.63) is 89.5 Å². The zero-order chi connectivity index (χ0) is 21.5. The molecule has 0 spiro atoms. The van der Waals surface area contributed by atoms with Crippen molar-refractivity contribution in [2.75, 3.05) is 7.11 Å². The number of hydrogen-bond acceptors (Lipinski definition) is 3. The number of benzene rings is 1. The van der Waals surface area contributed by atoms with Gasteiger partial charge in [-0.3, -0.25) is 0 Å². The van der Waals surface area contributed by atoms with Gasteiger partial charge in [0.1, 0.15) is 5.75 Å². The van der Waals surface area contributed by atoms with Gasteiger partial charge in [0, 0.05) is 27.6 Å². The summed E-state index contributed by atoms with van der Waals surface area (Å²) in [7, 11) is 1.68. The number of nitrogens with one attached hydrogen (secondary N) is 2. The molecule has 1 aromatic carbocycles. The predicted molar refractivity (Wildman–Crippen MR) is 131 cm³/mol. The number of H-pyrrole nitrogens is 2. The van der Waals surface area contributed by atoms with Crippen molar-refractivity contribution in [2.45, 2.75) is 0 Å². The summed E-state index contributed by atoms with van der Waals surface area (Å²) in [5.74, 6) is 0.837. The molecule has 8 bridgehead atoms. The minimum atomic E-state index is 0.837. The average molecular weight is 416 g/mol. The number of aromatic nitrogens is 4. The maximum absolute atomic E-state index is 5.32. The van der Waals surface area contributed by atoms with E-state index in [0.29, 0.717) is 0 Å². The summed E-state index contributed by atoms with van der Waals surface area (Å²) < 4.78 is 5.32. The number of rotatable bonds is 2. The minimum absolute atomic E-state index is 0.837. The van der Waals surface area contributed by atoms with E-state index in [1.54, 1.807) is 7.11 Å². The molecule has 0 unspecified atom stereocenters. The first kappa shape index (κ1) is 18.4. The van der Waals surface area contributed by atoms with Crippen LogP contribution in [-0.2, 0) is 0 Å². The van der Waals surface area contributed by atoms with Gasteiger partial charge in [-0.25, -0.2) is 9.97 Å². The molecule has 0 saturated heterocycles. The Balaban J connectivity index is 1.64. The fourth-order valence-electron chi connectivity index (χ4n) is 4.03. The van der Waals surface area contributed by atoms with Crippen LogP contribution in [0.15, 0.2) is 66.7 Å². The van der Waals surface area contributed by atoms with Crippen molar-refractivity contribution in [3.8, 4) is 16.9 Å². The number of aromatic amines is 2. The second-order valence-electron chi connectivity index (χ2n) is 7.82. The third-order valence-electron chi connectivity index (χ3n) is 5.57. The molecule has 2 aliphatic heterocycles. The van der Waals surface area contributed by atoms with E-state index in [4.69, 9.17) is 9.72 Å². The fourth-order valence-corrected chi connectivity index (χ4v) is 4.03. The second kappa shape index (κ2) is 7.39. The van der Waals surface area contributed by atoms with Gasteiger partial charge >= 0.3 is 0 Å². The maximum Gasteiger partial charge on any atom is 0.118 e. The van der Waals surface area contributed by atoms with Crippen molar-refractivity contribution >= 4 is 46.4 Å². The van der Waals surface area contributed by atoms with Crippen LogP contribution in [0.2, 0.25) is 0 Å². The molecule has 0 saturated carbocycles. The molecule has 2 N–H and O–H groups in total. The van der Waals surface area contributed by atoms with Crippen molar-refractivity contribution in [3.63, 3.8) is 0 Å². The first-order chi connectivity index (χ1) is 15.7. The molecule has 0 fully saturated rings. The monoisotopic (exact) mass is 416 g/mol. The van der Waals surface area contributed by atoms with Crippen LogP contribution in [0.5, 0.6) is 5.75 Å². The van der Waals surface area contributed by atoms with Crippen molar-refractivity contribution in [2.24, 2.45) is 0 Å². The summed E-state index contributed by atoms with van der Waals surface area (Å²) in [6.45, 7) is 0. The third-order valence-corrected chi connectivity index (χ3v) is 5.57. The van der Waals surface area contributed by atoms with Crippen LogP contribution in [0.3, 0.4) is 0 Å². The van der Waals surface area contributed by atoms with Crippen LogP contribution < -0.4 is 4.74 Å². The number of ether oxygens (including phenoxy) is 1. The van der Waals surface area contributed by atoms with Crippen molar-refractivity contribution < 1.29 is 4.74 Å². The first-order valence-electron chi connectivity index (χ1n) is 10.4. The Hall–Kier alpha value is -4.38. The summed E-state index contributed by atoms with van der Waals surface area (Å²) in [4.78, 5) is 16.4. The van der Waals surface area contributed by atoms with E-state index in [-0.39, 0.29) is 0 Å². The molecule has 5 nitrogen and oxygen atoms in total. The van der Waals surface area contributed by atoms with Crippen LogP contribution in [0.1, 0.15) is 22.8 Å². The lowest BCUT2D eigenvalue weighted by molar-refractivity contribution is 0.415. The van der Waals surface area contributed by atoms with E-state index in [9.17, 15) is 0 Å².